The van der Waals surface area contributed by atoms with Gasteiger partial charge in [0.05, 0.1) is 11.0 Å². The molecule has 1 saturated heterocycles. The first-order valence-corrected chi connectivity index (χ1v) is 8.37. The Morgan fingerprint density at radius 2 is 2.09 bits per heavy atom. The monoisotopic (exact) mass is 351 g/mol. The molecular formula is C16H17NO4S2. The lowest BCUT2D eigenvalue weighted by Gasteiger charge is -2.16. The lowest BCUT2D eigenvalue weighted by Crippen LogP contribution is -2.35. The van der Waals surface area contributed by atoms with E-state index in [0.29, 0.717) is 15.6 Å². The van der Waals surface area contributed by atoms with Gasteiger partial charge in [0.25, 0.3) is 5.91 Å². The van der Waals surface area contributed by atoms with E-state index in [1.165, 1.54) is 17.0 Å². The van der Waals surface area contributed by atoms with Crippen molar-refractivity contribution < 1.29 is 19.4 Å². The molecule has 1 atom stereocenters. The van der Waals surface area contributed by atoms with Crippen LogP contribution in [0.15, 0.2) is 29.2 Å². The Hall–Kier alpha value is -1.86. The van der Waals surface area contributed by atoms with E-state index in [0.717, 1.165) is 17.3 Å². The smallest absolute Gasteiger partial charge is 0.326 e. The number of carbonyl (C=O) groups is 2. The number of thiocarbonyl (C=S) groups is 1. The van der Waals surface area contributed by atoms with Crippen LogP contribution in [0.4, 0.5) is 0 Å². The van der Waals surface area contributed by atoms with E-state index in [-0.39, 0.29) is 24.3 Å². The predicted octanol–water partition coefficient (Wildman–Crippen LogP) is 2.94. The number of benzene rings is 1. The Balaban J connectivity index is 2.07. The van der Waals surface area contributed by atoms with E-state index in [9.17, 15) is 14.7 Å². The number of aromatic hydroxyl groups is 1. The van der Waals surface area contributed by atoms with Crippen LogP contribution in [0.1, 0.15) is 25.8 Å². The van der Waals surface area contributed by atoms with Crippen molar-refractivity contribution >= 4 is 46.3 Å². The Morgan fingerprint density at radius 1 is 1.43 bits per heavy atom. The third-order valence-electron chi connectivity index (χ3n) is 3.26. The Labute approximate surface area is 144 Å². The highest BCUT2D eigenvalue weighted by Crippen LogP contribution is 2.32. The fourth-order valence-corrected chi connectivity index (χ4v) is 3.09. The molecule has 0 aromatic heterocycles. The molecule has 0 spiro atoms. The molecule has 23 heavy (non-hydrogen) atoms. The van der Waals surface area contributed by atoms with Gasteiger partial charge in [0.1, 0.15) is 16.6 Å². The predicted molar refractivity (Wildman–Crippen MR) is 93.8 cm³/mol. The zero-order valence-electron chi connectivity index (χ0n) is 12.8. The second-order valence-electron chi connectivity index (χ2n) is 5.07. The number of carbonyl (C=O) groups excluding carboxylic acids is 2. The summed E-state index contributed by atoms with van der Waals surface area (Å²) in [7, 11) is 0. The van der Waals surface area contributed by atoms with Crippen LogP contribution in [-0.4, -0.2) is 38.9 Å². The maximum Gasteiger partial charge on any atom is 0.326 e. The van der Waals surface area contributed by atoms with Crippen molar-refractivity contribution in [3.05, 3.63) is 34.7 Å². The minimum Gasteiger partial charge on any atom is -0.508 e. The first-order valence-electron chi connectivity index (χ1n) is 7.14. The number of ether oxygens (including phenoxy) is 1. The lowest BCUT2D eigenvalue weighted by atomic mass is 10.2. The summed E-state index contributed by atoms with van der Waals surface area (Å²) >= 11 is 6.32. The number of esters is 1. The number of hydrogen-bond donors (Lipinski definition) is 1. The summed E-state index contributed by atoms with van der Waals surface area (Å²) in [5, 5.41) is 9.27. The molecule has 5 nitrogen and oxygen atoms in total. The van der Waals surface area contributed by atoms with Crippen LogP contribution < -0.4 is 0 Å². The minimum atomic E-state index is -0.471. The summed E-state index contributed by atoms with van der Waals surface area (Å²) in [6.07, 6.45) is 2.21. The van der Waals surface area contributed by atoms with Crippen molar-refractivity contribution in [1.29, 1.82) is 0 Å². The van der Waals surface area contributed by atoms with Gasteiger partial charge in [0, 0.05) is 0 Å². The molecule has 1 aromatic carbocycles. The highest BCUT2D eigenvalue weighted by Gasteiger charge is 2.33. The van der Waals surface area contributed by atoms with Crippen molar-refractivity contribution in [2.75, 3.05) is 6.54 Å². The number of phenolic OH excluding ortho intramolecular Hbond substituents is 1. The minimum absolute atomic E-state index is 0.155. The maximum atomic E-state index is 12.4. The van der Waals surface area contributed by atoms with Gasteiger partial charge in [-0.1, -0.05) is 43.0 Å². The SMILES string of the molecule is CCC(C)OC(=O)CN1C(=O)C(=Cc2ccc(O)cc2)SC1=S. The number of rotatable bonds is 5. The summed E-state index contributed by atoms with van der Waals surface area (Å²) in [6.45, 7) is 3.53. The molecule has 0 bridgehead atoms. The fraction of sp³-hybridized carbons (Fsp3) is 0.312. The topological polar surface area (TPSA) is 66.8 Å². The van der Waals surface area contributed by atoms with Crippen LogP contribution in [0.2, 0.25) is 0 Å². The summed E-state index contributed by atoms with van der Waals surface area (Å²) in [6, 6.07) is 6.46. The van der Waals surface area contributed by atoms with Gasteiger partial charge >= 0.3 is 5.97 Å². The lowest BCUT2D eigenvalue weighted by molar-refractivity contribution is -0.150. The van der Waals surface area contributed by atoms with Crippen LogP contribution in [0, 0.1) is 0 Å². The van der Waals surface area contributed by atoms with E-state index >= 15 is 0 Å². The third kappa shape index (κ3) is 4.56. The molecule has 1 aromatic rings. The van der Waals surface area contributed by atoms with Gasteiger partial charge in [-0.05, 0) is 37.1 Å². The summed E-state index contributed by atoms with van der Waals surface area (Å²) < 4.78 is 5.51. The van der Waals surface area contributed by atoms with Crippen molar-refractivity contribution in [2.24, 2.45) is 0 Å². The van der Waals surface area contributed by atoms with Gasteiger partial charge in [0.15, 0.2) is 0 Å². The van der Waals surface area contributed by atoms with Crippen molar-refractivity contribution in [3.8, 4) is 5.75 Å². The largest absolute Gasteiger partial charge is 0.508 e. The number of hydrogen-bond acceptors (Lipinski definition) is 6. The van der Waals surface area contributed by atoms with Gasteiger partial charge in [-0.25, -0.2) is 0 Å². The highest BCUT2D eigenvalue weighted by molar-refractivity contribution is 8.26. The molecule has 1 fully saturated rings. The fourth-order valence-electron chi connectivity index (χ4n) is 1.83. The highest BCUT2D eigenvalue weighted by atomic mass is 32.2. The molecule has 0 radical (unpaired) electrons. The second kappa shape index (κ2) is 7.61. The zero-order valence-corrected chi connectivity index (χ0v) is 14.4. The van der Waals surface area contributed by atoms with Gasteiger partial charge in [0.2, 0.25) is 0 Å². The van der Waals surface area contributed by atoms with E-state index < -0.39 is 5.97 Å². The number of thioether (sulfide) groups is 1. The number of nitrogens with zero attached hydrogens (tertiary/aromatic N) is 1. The van der Waals surface area contributed by atoms with E-state index in [1.54, 1.807) is 25.1 Å². The van der Waals surface area contributed by atoms with Crippen LogP contribution in [0.5, 0.6) is 5.75 Å². The average Bonchev–Trinajstić information content (AvgIpc) is 2.77. The summed E-state index contributed by atoms with van der Waals surface area (Å²) in [4.78, 5) is 25.9. The summed E-state index contributed by atoms with van der Waals surface area (Å²) in [5.74, 6) is -0.627. The quantitative estimate of drug-likeness (QED) is 0.500. The molecule has 1 N–H and O–H groups in total. The molecule has 1 aliphatic heterocycles. The molecule has 2 rings (SSSR count). The van der Waals surface area contributed by atoms with Gasteiger partial charge < -0.3 is 9.84 Å². The Kier molecular flexibility index (Phi) is 5.79. The molecule has 1 amide bonds. The third-order valence-corrected chi connectivity index (χ3v) is 4.64. The van der Waals surface area contributed by atoms with Crippen molar-refractivity contribution in [3.63, 3.8) is 0 Å². The van der Waals surface area contributed by atoms with Crippen LogP contribution >= 0.6 is 24.0 Å². The maximum absolute atomic E-state index is 12.4. The first-order chi connectivity index (χ1) is 10.9. The van der Waals surface area contributed by atoms with E-state index in [2.05, 4.69) is 0 Å². The van der Waals surface area contributed by atoms with E-state index in [1.807, 2.05) is 6.92 Å². The van der Waals surface area contributed by atoms with Gasteiger partial charge in [-0.3, -0.25) is 14.5 Å². The molecule has 1 unspecified atom stereocenters. The molecule has 0 aliphatic carbocycles. The van der Waals surface area contributed by atoms with Gasteiger partial charge in [-0.2, -0.15) is 0 Å². The number of amides is 1. The molecule has 0 saturated carbocycles. The molecule has 7 heteroatoms. The van der Waals surface area contributed by atoms with Crippen LogP contribution in [-0.2, 0) is 14.3 Å². The molecule has 1 heterocycles. The van der Waals surface area contributed by atoms with E-state index in [4.69, 9.17) is 17.0 Å². The van der Waals surface area contributed by atoms with Gasteiger partial charge in [-0.15, -0.1) is 0 Å². The second-order valence-corrected chi connectivity index (χ2v) is 6.74. The molecule has 1 aliphatic rings. The van der Waals surface area contributed by atoms with Crippen molar-refractivity contribution in [1.82, 2.24) is 4.90 Å². The average molecular weight is 351 g/mol. The Bertz CT molecular complexity index is 655. The normalized spacial score (nSPS) is 17.7. The van der Waals surface area contributed by atoms with Crippen molar-refractivity contribution in [2.45, 2.75) is 26.4 Å². The molecular weight excluding hydrogens is 334 g/mol. The van der Waals surface area contributed by atoms with Crippen LogP contribution in [0.25, 0.3) is 6.08 Å². The number of phenols is 1. The first kappa shape index (κ1) is 17.5. The zero-order chi connectivity index (χ0) is 17.0. The molecule has 122 valence electrons. The Morgan fingerprint density at radius 3 is 2.70 bits per heavy atom. The summed E-state index contributed by atoms with van der Waals surface area (Å²) in [5.41, 5.74) is 0.769. The standard InChI is InChI=1S/C16H17NO4S2/c1-3-10(2)21-14(19)9-17-15(20)13(23-16(17)22)8-11-4-6-12(18)7-5-11/h4-8,10,18H,3,9H2,1-2H3. The van der Waals surface area contributed by atoms with Crippen LogP contribution in [0.3, 0.4) is 0 Å².